The normalized spacial score (nSPS) is 22.7. The molecule has 0 spiro atoms. The fourth-order valence-corrected chi connectivity index (χ4v) is 0.721. The Kier molecular flexibility index (Phi) is 0.890. The summed E-state index contributed by atoms with van der Waals surface area (Å²) >= 11 is 0. The molecule has 0 bridgehead atoms. The summed E-state index contributed by atoms with van der Waals surface area (Å²) in [6.07, 6.45) is 0. The van der Waals surface area contributed by atoms with Gasteiger partial charge in [0.15, 0.2) is 0 Å². The maximum atomic E-state index is 2.44. The average molecular weight is 99.2 g/mol. The molecule has 1 aliphatic heterocycles. The van der Waals surface area contributed by atoms with Crippen molar-refractivity contribution in [3.63, 3.8) is 0 Å². The van der Waals surface area contributed by atoms with Gasteiger partial charge >= 0.3 is 0 Å². The molecule has 7 heavy (non-hydrogen) atoms. The molecule has 1 saturated heterocycles. The molecular weight excluding hydrogens is 86.1 g/mol. The predicted molar refractivity (Wildman–Crippen MR) is 31.3 cm³/mol. The van der Waals surface area contributed by atoms with Gasteiger partial charge in [-0.25, -0.2) is 0 Å². The monoisotopic (exact) mass is 99.1 g/mol. The second-order valence-corrected chi connectivity index (χ2v) is 3.16. The Morgan fingerprint density at radius 2 is 1.57 bits per heavy atom. The molecular formula is C6H13N. The molecule has 1 aliphatic rings. The summed E-state index contributed by atoms with van der Waals surface area (Å²) in [6, 6.07) is 0. The van der Waals surface area contributed by atoms with E-state index in [1.54, 1.807) is 0 Å². The lowest BCUT2D eigenvalue weighted by molar-refractivity contribution is 0.311. The highest BCUT2D eigenvalue weighted by atomic mass is 15.3. The van der Waals surface area contributed by atoms with Gasteiger partial charge in [0, 0.05) is 18.6 Å². The molecule has 1 nitrogen and oxygen atoms in total. The van der Waals surface area contributed by atoms with Gasteiger partial charge in [-0.3, -0.25) is 4.90 Å². The minimum Gasteiger partial charge on any atom is -0.296 e. The molecule has 0 aliphatic carbocycles. The SMILES string of the molecule is CC(C)(C)N1CC1. The lowest BCUT2D eigenvalue weighted by Gasteiger charge is -2.18. The first-order valence-electron chi connectivity index (χ1n) is 2.86. The van der Waals surface area contributed by atoms with Crippen molar-refractivity contribution in [2.45, 2.75) is 26.3 Å². The lowest BCUT2D eigenvalue weighted by atomic mass is 10.1. The van der Waals surface area contributed by atoms with Crippen molar-refractivity contribution >= 4 is 0 Å². The van der Waals surface area contributed by atoms with E-state index in [0.29, 0.717) is 5.54 Å². The van der Waals surface area contributed by atoms with E-state index in [1.165, 1.54) is 13.1 Å². The van der Waals surface area contributed by atoms with Crippen molar-refractivity contribution in [3.05, 3.63) is 0 Å². The van der Waals surface area contributed by atoms with Gasteiger partial charge in [-0.05, 0) is 20.8 Å². The molecule has 0 atom stereocenters. The Morgan fingerprint density at radius 3 is 1.57 bits per heavy atom. The van der Waals surface area contributed by atoms with Crippen LogP contribution in [0.15, 0.2) is 0 Å². The zero-order valence-electron chi connectivity index (χ0n) is 5.36. The van der Waals surface area contributed by atoms with E-state index in [9.17, 15) is 0 Å². The minimum absolute atomic E-state index is 0.444. The fourth-order valence-electron chi connectivity index (χ4n) is 0.721. The molecule has 0 aromatic rings. The molecule has 0 unspecified atom stereocenters. The van der Waals surface area contributed by atoms with Gasteiger partial charge in [0.1, 0.15) is 0 Å². The van der Waals surface area contributed by atoms with E-state index in [2.05, 4.69) is 25.7 Å². The van der Waals surface area contributed by atoms with Crippen molar-refractivity contribution in [2.24, 2.45) is 0 Å². The summed E-state index contributed by atoms with van der Waals surface area (Å²) in [4.78, 5) is 2.44. The van der Waals surface area contributed by atoms with Crippen LogP contribution in [0.4, 0.5) is 0 Å². The summed E-state index contributed by atoms with van der Waals surface area (Å²) in [5, 5.41) is 0. The largest absolute Gasteiger partial charge is 0.296 e. The van der Waals surface area contributed by atoms with Crippen molar-refractivity contribution in [2.75, 3.05) is 13.1 Å². The summed E-state index contributed by atoms with van der Waals surface area (Å²) < 4.78 is 0. The third-order valence-corrected chi connectivity index (χ3v) is 1.40. The summed E-state index contributed by atoms with van der Waals surface area (Å²) in [5.41, 5.74) is 0.444. The average Bonchev–Trinajstić information content (AvgIpc) is 1.99. The second kappa shape index (κ2) is 1.22. The van der Waals surface area contributed by atoms with Crippen molar-refractivity contribution in [3.8, 4) is 0 Å². The molecule has 1 heteroatoms. The van der Waals surface area contributed by atoms with E-state index < -0.39 is 0 Å². The van der Waals surface area contributed by atoms with Crippen LogP contribution in [0, 0.1) is 0 Å². The quantitative estimate of drug-likeness (QED) is 0.411. The molecule has 0 aromatic carbocycles. The number of hydrogen-bond donors (Lipinski definition) is 0. The van der Waals surface area contributed by atoms with Crippen LogP contribution >= 0.6 is 0 Å². The van der Waals surface area contributed by atoms with Crippen LogP contribution < -0.4 is 0 Å². The summed E-state index contributed by atoms with van der Waals surface area (Å²) in [5.74, 6) is 0. The first-order valence-corrected chi connectivity index (χ1v) is 2.86. The highest BCUT2D eigenvalue weighted by molar-refractivity contribution is 4.85. The second-order valence-electron chi connectivity index (χ2n) is 3.16. The van der Waals surface area contributed by atoms with Gasteiger partial charge in [0.05, 0.1) is 0 Å². The molecule has 0 saturated carbocycles. The van der Waals surface area contributed by atoms with Gasteiger partial charge in [0.25, 0.3) is 0 Å². The molecule has 0 aromatic heterocycles. The van der Waals surface area contributed by atoms with E-state index in [1.807, 2.05) is 0 Å². The molecule has 0 amide bonds. The maximum absolute atomic E-state index is 2.44. The van der Waals surface area contributed by atoms with Crippen LogP contribution in [0.3, 0.4) is 0 Å². The third kappa shape index (κ3) is 1.16. The van der Waals surface area contributed by atoms with Crippen molar-refractivity contribution < 1.29 is 0 Å². The van der Waals surface area contributed by atoms with Crippen LogP contribution in [0.25, 0.3) is 0 Å². The zero-order valence-corrected chi connectivity index (χ0v) is 5.36. The predicted octanol–water partition coefficient (Wildman–Crippen LogP) is 1.10. The minimum atomic E-state index is 0.444. The Bertz CT molecular complexity index is 66.7. The molecule has 42 valence electrons. The van der Waals surface area contributed by atoms with Gasteiger partial charge in [-0.15, -0.1) is 0 Å². The lowest BCUT2D eigenvalue weighted by Crippen LogP contribution is -2.25. The molecule has 1 heterocycles. The summed E-state index contributed by atoms with van der Waals surface area (Å²) in [7, 11) is 0. The Hall–Kier alpha value is -0.0400. The van der Waals surface area contributed by atoms with Crippen LogP contribution in [0.2, 0.25) is 0 Å². The topological polar surface area (TPSA) is 3.01 Å². The maximum Gasteiger partial charge on any atom is 0.0126 e. The molecule has 1 fully saturated rings. The number of rotatable bonds is 0. The number of nitrogens with zero attached hydrogens (tertiary/aromatic N) is 1. The van der Waals surface area contributed by atoms with E-state index in [0.717, 1.165) is 0 Å². The van der Waals surface area contributed by atoms with Gasteiger partial charge in [-0.1, -0.05) is 0 Å². The van der Waals surface area contributed by atoms with Crippen LogP contribution in [-0.4, -0.2) is 23.5 Å². The molecule has 0 radical (unpaired) electrons. The molecule has 1 rings (SSSR count). The van der Waals surface area contributed by atoms with Crippen molar-refractivity contribution in [1.29, 1.82) is 0 Å². The highest BCUT2D eigenvalue weighted by Gasteiger charge is 2.29. The zero-order chi connectivity index (χ0) is 5.49. The van der Waals surface area contributed by atoms with Gasteiger partial charge in [-0.2, -0.15) is 0 Å². The Morgan fingerprint density at radius 1 is 1.14 bits per heavy atom. The summed E-state index contributed by atoms with van der Waals surface area (Å²) in [6.45, 7) is 9.37. The number of hydrogen-bond acceptors (Lipinski definition) is 1. The third-order valence-electron chi connectivity index (χ3n) is 1.40. The highest BCUT2D eigenvalue weighted by Crippen LogP contribution is 2.19. The standard InChI is InChI=1S/C6H13N/c1-6(2,3)7-4-5-7/h4-5H2,1-3H3. The van der Waals surface area contributed by atoms with E-state index in [-0.39, 0.29) is 0 Å². The Labute approximate surface area is 45.3 Å². The fraction of sp³-hybridized carbons (Fsp3) is 1.00. The van der Waals surface area contributed by atoms with Crippen LogP contribution in [-0.2, 0) is 0 Å². The first-order chi connectivity index (χ1) is 3.11. The van der Waals surface area contributed by atoms with E-state index in [4.69, 9.17) is 0 Å². The van der Waals surface area contributed by atoms with Gasteiger partial charge in [0.2, 0.25) is 0 Å². The van der Waals surface area contributed by atoms with Gasteiger partial charge < -0.3 is 0 Å². The first kappa shape index (κ1) is 5.10. The van der Waals surface area contributed by atoms with Crippen LogP contribution in [0.5, 0.6) is 0 Å². The van der Waals surface area contributed by atoms with Crippen LogP contribution in [0.1, 0.15) is 20.8 Å². The molecule has 0 N–H and O–H groups in total. The van der Waals surface area contributed by atoms with Crippen molar-refractivity contribution in [1.82, 2.24) is 4.90 Å². The smallest absolute Gasteiger partial charge is 0.0126 e. The van der Waals surface area contributed by atoms with E-state index >= 15 is 0 Å². The Balaban J connectivity index is 2.36.